The minimum absolute atomic E-state index is 0.0147. The fraction of sp³-hybridized carbons (Fsp3) is 0. The van der Waals surface area contributed by atoms with Gasteiger partial charge in [-0.05, 0) is 28.7 Å². The number of hydrogen-bond acceptors (Lipinski definition) is 3. The lowest BCUT2D eigenvalue weighted by Crippen LogP contribution is -2.15. The number of nitrogens with two attached hydrogens (primary N) is 1. The third-order valence-electron chi connectivity index (χ3n) is 1.12. The number of aromatic nitrogens is 1. The van der Waals surface area contributed by atoms with E-state index < -0.39 is 20.7 Å². The highest BCUT2D eigenvalue weighted by molar-refractivity contribution is 14.1. The summed E-state index contributed by atoms with van der Waals surface area (Å²) in [4.78, 5) is 3.02. The van der Waals surface area contributed by atoms with Gasteiger partial charge < -0.3 is 0 Å². The summed E-state index contributed by atoms with van der Waals surface area (Å²) < 4.78 is 34.4. The summed E-state index contributed by atoms with van der Waals surface area (Å²) in [5.41, 5.74) is 0. The van der Waals surface area contributed by atoms with Gasteiger partial charge in [-0.25, -0.2) is 22.9 Å². The fourth-order valence-electron chi connectivity index (χ4n) is 0.622. The van der Waals surface area contributed by atoms with E-state index in [0.717, 1.165) is 6.07 Å². The predicted molar refractivity (Wildman–Crippen MR) is 48.3 cm³/mol. The molecule has 0 aliphatic rings. The highest BCUT2D eigenvalue weighted by atomic mass is 127. The molecule has 0 aromatic carbocycles. The largest absolute Gasteiger partial charge is 0.247 e. The summed E-state index contributed by atoms with van der Waals surface area (Å²) in [6.45, 7) is 0. The summed E-state index contributed by atoms with van der Waals surface area (Å²) in [7, 11) is -3.98. The average molecular weight is 302 g/mol. The molecule has 4 nitrogen and oxygen atoms in total. The molecule has 0 spiro atoms. The van der Waals surface area contributed by atoms with Crippen molar-refractivity contribution in [3.05, 3.63) is 21.8 Å². The Kier molecular flexibility index (Phi) is 2.64. The number of hydrogen-bond donors (Lipinski definition) is 1. The van der Waals surface area contributed by atoms with Crippen LogP contribution in [0.3, 0.4) is 0 Å². The Morgan fingerprint density at radius 2 is 2.17 bits per heavy atom. The first-order valence-corrected chi connectivity index (χ1v) is 5.38. The summed E-state index contributed by atoms with van der Waals surface area (Å²) in [6.07, 6.45) is 1.19. The standard InChI is InChI=1S/C5H4FIN2O2S/c6-4-3(12(8,10)11)1-2-9-5(4)7/h1-2H,(H2,8,10,11). The van der Waals surface area contributed by atoms with Crippen LogP contribution >= 0.6 is 22.6 Å². The molecule has 0 radical (unpaired) electrons. The van der Waals surface area contributed by atoms with Crippen molar-refractivity contribution in [1.29, 1.82) is 0 Å². The molecular formula is C5H4FIN2O2S. The van der Waals surface area contributed by atoms with Crippen molar-refractivity contribution >= 4 is 32.6 Å². The quantitative estimate of drug-likeness (QED) is 0.605. The molecule has 2 N–H and O–H groups in total. The molecular weight excluding hydrogens is 298 g/mol. The lowest BCUT2D eigenvalue weighted by atomic mass is 10.5. The van der Waals surface area contributed by atoms with Crippen LogP contribution in [0.2, 0.25) is 0 Å². The molecule has 1 aromatic heterocycles. The van der Waals surface area contributed by atoms with Gasteiger partial charge in [0.1, 0.15) is 8.60 Å². The summed E-state index contributed by atoms with van der Waals surface area (Å²) in [5, 5.41) is 4.73. The number of nitrogens with zero attached hydrogens (tertiary/aromatic N) is 1. The van der Waals surface area contributed by atoms with E-state index in [1.165, 1.54) is 6.20 Å². The van der Waals surface area contributed by atoms with Gasteiger partial charge in [0, 0.05) is 6.20 Å². The number of rotatable bonds is 1. The van der Waals surface area contributed by atoms with E-state index in [1.807, 2.05) is 0 Å². The second-order valence-corrected chi connectivity index (χ2v) is 4.51. The maximum Gasteiger partial charge on any atom is 0.241 e. The lowest BCUT2D eigenvalue weighted by Gasteiger charge is -1.99. The van der Waals surface area contributed by atoms with E-state index in [2.05, 4.69) is 4.98 Å². The molecule has 0 atom stereocenters. The molecule has 0 aliphatic carbocycles. The van der Waals surface area contributed by atoms with Crippen LogP contribution in [0, 0.1) is 9.52 Å². The molecule has 0 bridgehead atoms. The van der Waals surface area contributed by atoms with E-state index in [4.69, 9.17) is 5.14 Å². The Morgan fingerprint density at radius 3 is 2.58 bits per heavy atom. The first-order valence-electron chi connectivity index (χ1n) is 2.75. The zero-order valence-electron chi connectivity index (χ0n) is 5.66. The van der Waals surface area contributed by atoms with Crippen molar-refractivity contribution in [3.8, 4) is 0 Å². The molecule has 0 aliphatic heterocycles. The molecule has 66 valence electrons. The Morgan fingerprint density at radius 1 is 1.58 bits per heavy atom. The zero-order chi connectivity index (χ0) is 9.35. The smallest absolute Gasteiger partial charge is 0.241 e. The number of sulfonamides is 1. The van der Waals surface area contributed by atoms with E-state index >= 15 is 0 Å². The molecule has 0 fully saturated rings. The van der Waals surface area contributed by atoms with E-state index in [0.29, 0.717) is 0 Å². The SMILES string of the molecule is NS(=O)(=O)c1ccnc(I)c1F. The minimum atomic E-state index is -3.98. The number of halogens is 2. The summed E-state index contributed by atoms with van der Waals surface area (Å²) in [6, 6.07) is 1.02. The second kappa shape index (κ2) is 3.23. The van der Waals surface area contributed by atoms with Gasteiger partial charge in [0.25, 0.3) is 0 Å². The van der Waals surface area contributed by atoms with Crippen LogP contribution in [-0.2, 0) is 10.0 Å². The van der Waals surface area contributed by atoms with Crippen molar-refractivity contribution in [2.75, 3.05) is 0 Å². The van der Waals surface area contributed by atoms with Gasteiger partial charge in [0.05, 0.1) is 0 Å². The van der Waals surface area contributed by atoms with Crippen molar-refractivity contribution in [3.63, 3.8) is 0 Å². The van der Waals surface area contributed by atoms with E-state index in [1.54, 1.807) is 22.6 Å². The van der Waals surface area contributed by atoms with Gasteiger partial charge >= 0.3 is 0 Å². The molecule has 1 heterocycles. The summed E-state index contributed by atoms with van der Waals surface area (Å²) in [5.74, 6) is -0.902. The molecule has 12 heavy (non-hydrogen) atoms. The lowest BCUT2D eigenvalue weighted by molar-refractivity contribution is 0.558. The molecule has 1 rings (SSSR count). The van der Waals surface area contributed by atoms with E-state index in [9.17, 15) is 12.8 Å². The Labute approximate surface area is 82.2 Å². The van der Waals surface area contributed by atoms with Gasteiger partial charge in [-0.2, -0.15) is 0 Å². The Balaban J connectivity index is 3.47. The van der Waals surface area contributed by atoms with Gasteiger partial charge in [-0.1, -0.05) is 0 Å². The maximum atomic E-state index is 13.0. The van der Waals surface area contributed by atoms with E-state index in [-0.39, 0.29) is 3.70 Å². The van der Waals surface area contributed by atoms with Crippen LogP contribution in [0.25, 0.3) is 0 Å². The van der Waals surface area contributed by atoms with Crippen LogP contribution in [0.5, 0.6) is 0 Å². The van der Waals surface area contributed by atoms with Gasteiger partial charge in [0.2, 0.25) is 10.0 Å². The predicted octanol–water partition coefficient (Wildman–Crippen LogP) is 0.473. The number of pyridine rings is 1. The highest BCUT2D eigenvalue weighted by Gasteiger charge is 2.16. The first-order chi connectivity index (χ1) is 5.43. The normalized spacial score (nSPS) is 11.6. The summed E-state index contributed by atoms with van der Waals surface area (Å²) >= 11 is 1.58. The van der Waals surface area contributed by atoms with Crippen LogP contribution < -0.4 is 5.14 Å². The Hall–Kier alpha value is -0.280. The Bertz CT molecular complexity index is 406. The fourth-order valence-corrected chi connectivity index (χ4v) is 1.85. The third kappa shape index (κ3) is 1.90. The van der Waals surface area contributed by atoms with Crippen LogP contribution in [0.1, 0.15) is 0 Å². The molecule has 1 aromatic rings. The second-order valence-electron chi connectivity index (χ2n) is 1.96. The van der Waals surface area contributed by atoms with Crippen molar-refractivity contribution in [2.24, 2.45) is 5.14 Å². The third-order valence-corrected chi connectivity index (χ3v) is 2.80. The maximum absolute atomic E-state index is 13.0. The average Bonchev–Trinajstić information content (AvgIpc) is 1.92. The molecule has 0 amide bonds. The first kappa shape index (κ1) is 9.81. The van der Waals surface area contributed by atoms with Crippen LogP contribution in [0.4, 0.5) is 4.39 Å². The minimum Gasteiger partial charge on any atom is -0.247 e. The van der Waals surface area contributed by atoms with Gasteiger partial charge in [-0.15, -0.1) is 0 Å². The van der Waals surface area contributed by atoms with Crippen molar-refractivity contribution < 1.29 is 12.8 Å². The molecule has 0 unspecified atom stereocenters. The van der Waals surface area contributed by atoms with Crippen LogP contribution in [-0.4, -0.2) is 13.4 Å². The van der Waals surface area contributed by atoms with Gasteiger partial charge in [-0.3, -0.25) is 0 Å². The monoisotopic (exact) mass is 302 g/mol. The highest BCUT2D eigenvalue weighted by Crippen LogP contribution is 2.15. The molecule has 0 saturated heterocycles. The van der Waals surface area contributed by atoms with Gasteiger partial charge in [0.15, 0.2) is 5.82 Å². The van der Waals surface area contributed by atoms with Crippen molar-refractivity contribution in [1.82, 2.24) is 4.98 Å². The van der Waals surface area contributed by atoms with Crippen molar-refractivity contribution in [2.45, 2.75) is 4.90 Å². The molecule has 0 saturated carbocycles. The van der Waals surface area contributed by atoms with Crippen LogP contribution in [0.15, 0.2) is 17.2 Å². The zero-order valence-corrected chi connectivity index (χ0v) is 8.63. The molecule has 7 heteroatoms. The number of primary sulfonamides is 1. The topological polar surface area (TPSA) is 73.1 Å².